The molecule has 112 valence electrons. The van der Waals surface area contributed by atoms with Crippen molar-refractivity contribution in [1.82, 2.24) is 15.0 Å². The highest BCUT2D eigenvalue weighted by Crippen LogP contribution is 2.27. The number of aryl methyl sites for hydroxylation is 2. The predicted molar refractivity (Wildman–Crippen MR) is 90.5 cm³/mol. The van der Waals surface area contributed by atoms with Gasteiger partial charge in [-0.15, -0.1) is 0 Å². The fourth-order valence-corrected chi connectivity index (χ4v) is 2.79. The highest BCUT2D eigenvalue weighted by molar-refractivity contribution is 9.10. The summed E-state index contributed by atoms with van der Waals surface area (Å²) in [6.07, 6.45) is 0.983. The minimum absolute atomic E-state index is 0.165. The van der Waals surface area contributed by atoms with Gasteiger partial charge in [0.1, 0.15) is 0 Å². The lowest BCUT2D eigenvalue weighted by molar-refractivity contribution is 0.940. The molecule has 0 saturated heterocycles. The lowest BCUT2D eigenvalue weighted by Crippen LogP contribution is -2.08. The molecule has 1 heterocycles. The Labute approximate surface area is 137 Å². The number of rotatable bonds is 5. The third kappa shape index (κ3) is 4.28. The van der Waals surface area contributed by atoms with E-state index in [1.807, 2.05) is 26.0 Å². The molecule has 1 aromatic carbocycles. The zero-order chi connectivity index (χ0) is 15.4. The minimum Gasteiger partial charge on any atom is -0.354 e. The molecule has 5 nitrogen and oxygen atoms in total. The fourth-order valence-electron chi connectivity index (χ4n) is 1.94. The Morgan fingerprint density at radius 1 is 1.10 bits per heavy atom. The molecule has 0 atom stereocenters. The maximum Gasteiger partial charge on any atom is 0.233 e. The molecule has 0 fully saturated rings. The van der Waals surface area contributed by atoms with E-state index >= 15 is 0 Å². The molecule has 0 saturated carbocycles. The second-order valence-corrected chi connectivity index (χ2v) is 5.97. The van der Waals surface area contributed by atoms with Gasteiger partial charge in [0.05, 0.1) is 0 Å². The van der Waals surface area contributed by atoms with E-state index in [2.05, 4.69) is 48.4 Å². The molecule has 0 amide bonds. The van der Waals surface area contributed by atoms with E-state index < -0.39 is 0 Å². The molecule has 21 heavy (non-hydrogen) atoms. The van der Waals surface area contributed by atoms with Crippen molar-refractivity contribution in [3.8, 4) is 0 Å². The summed E-state index contributed by atoms with van der Waals surface area (Å²) in [6, 6.07) is 4.07. The highest BCUT2D eigenvalue weighted by Gasteiger charge is 2.09. The number of hydrogen-bond donors (Lipinski definition) is 2. The van der Waals surface area contributed by atoms with Gasteiger partial charge in [0.2, 0.25) is 17.2 Å². The summed E-state index contributed by atoms with van der Waals surface area (Å²) in [6.45, 7) is 6.91. The second kappa shape index (κ2) is 7.04. The van der Waals surface area contributed by atoms with E-state index in [1.54, 1.807) is 0 Å². The maximum absolute atomic E-state index is 5.95. The standard InChI is InChI=1S/C14H17BrClN5/c1-4-5-17-13-19-12(16)20-14(21-13)18-11-8(2)6-10(15)7-9(11)3/h6-7H,4-5H2,1-3H3,(H2,17,18,19,20,21). The Balaban J connectivity index is 2.29. The Kier molecular flexibility index (Phi) is 5.36. The molecule has 7 heteroatoms. The van der Waals surface area contributed by atoms with Gasteiger partial charge in [-0.05, 0) is 55.1 Å². The number of hydrogen-bond acceptors (Lipinski definition) is 5. The van der Waals surface area contributed by atoms with E-state index in [0.29, 0.717) is 11.9 Å². The van der Waals surface area contributed by atoms with Gasteiger partial charge in [-0.25, -0.2) is 0 Å². The first-order chi connectivity index (χ1) is 9.99. The topological polar surface area (TPSA) is 62.7 Å². The molecule has 0 aliphatic rings. The van der Waals surface area contributed by atoms with Crippen LogP contribution >= 0.6 is 27.5 Å². The van der Waals surface area contributed by atoms with Gasteiger partial charge in [-0.2, -0.15) is 15.0 Å². The highest BCUT2D eigenvalue weighted by atomic mass is 79.9. The molecule has 0 unspecified atom stereocenters. The summed E-state index contributed by atoms with van der Waals surface area (Å²) in [5.41, 5.74) is 3.17. The summed E-state index contributed by atoms with van der Waals surface area (Å²) in [5.74, 6) is 0.911. The number of aromatic nitrogens is 3. The van der Waals surface area contributed by atoms with Gasteiger partial charge >= 0.3 is 0 Å². The molecule has 0 spiro atoms. The number of halogens is 2. The van der Waals surface area contributed by atoms with Gasteiger partial charge in [0, 0.05) is 16.7 Å². The van der Waals surface area contributed by atoms with Crippen LogP contribution in [0, 0.1) is 13.8 Å². The zero-order valence-electron chi connectivity index (χ0n) is 12.2. The van der Waals surface area contributed by atoms with Crippen LogP contribution in [-0.2, 0) is 0 Å². The SMILES string of the molecule is CCCNc1nc(Cl)nc(Nc2c(C)cc(Br)cc2C)n1. The second-order valence-electron chi connectivity index (χ2n) is 4.72. The molecule has 2 N–H and O–H groups in total. The predicted octanol–water partition coefficient (Wildman–Crippen LogP) is 4.47. The van der Waals surface area contributed by atoms with Crippen molar-refractivity contribution in [2.24, 2.45) is 0 Å². The maximum atomic E-state index is 5.95. The third-order valence-electron chi connectivity index (χ3n) is 2.88. The van der Waals surface area contributed by atoms with Crippen molar-refractivity contribution in [3.05, 3.63) is 33.0 Å². The van der Waals surface area contributed by atoms with Crippen molar-refractivity contribution >= 4 is 45.1 Å². The lowest BCUT2D eigenvalue weighted by atomic mass is 10.1. The first-order valence-electron chi connectivity index (χ1n) is 6.68. The van der Waals surface area contributed by atoms with Crippen LogP contribution in [0.15, 0.2) is 16.6 Å². The molecular formula is C14H17BrClN5. The summed E-state index contributed by atoms with van der Waals surface area (Å²) in [7, 11) is 0. The Hall–Kier alpha value is -1.40. The first-order valence-corrected chi connectivity index (χ1v) is 7.86. The van der Waals surface area contributed by atoms with E-state index in [-0.39, 0.29) is 5.28 Å². The van der Waals surface area contributed by atoms with Crippen LogP contribution in [-0.4, -0.2) is 21.5 Å². The van der Waals surface area contributed by atoms with Crippen LogP contribution in [0.5, 0.6) is 0 Å². The molecule has 0 aliphatic heterocycles. The van der Waals surface area contributed by atoms with Gasteiger partial charge in [0.15, 0.2) is 0 Å². The molecule has 1 aromatic heterocycles. The molecule has 0 bridgehead atoms. The van der Waals surface area contributed by atoms with Crippen LogP contribution in [0.1, 0.15) is 24.5 Å². The fraction of sp³-hybridized carbons (Fsp3) is 0.357. The van der Waals surface area contributed by atoms with E-state index in [9.17, 15) is 0 Å². The van der Waals surface area contributed by atoms with Crippen molar-refractivity contribution in [2.75, 3.05) is 17.2 Å². The first kappa shape index (κ1) is 16.0. The number of nitrogens with zero attached hydrogens (tertiary/aromatic N) is 3. The van der Waals surface area contributed by atoms with Crippen LogP contribution in [0.4, 0.5) is 17.6 Å². The normalized spacial score (nSPS) is 10.5. The summed E-state index contributed by atoms with van der Waals surface area (Å²) >= 11 is 9.43. The smallest absolute Gasteiger partial charge is 0.233 e. The van der Waals surface area contributed by atoms with E-state index in [1.165, 1.54) is 0 Å². The summed E-state index contributed by atoms with van der Waals surface area (Å²) in [4.78, 5) is 12.5. The van der Waals surface area contributed by atoms with Crippen LogP contribution < -0.4 is 10.6 Å². The van der Waals surface area contributed by atoms with Gasteiger partial charge < -0.3 is 10.6 Å². The summed E-state index contributed by atoms with van der Waals surface area (Å²) < 4.78 is 1.04. The average Bonchev–Trinajstić information content (AvgIpc) is 2.40. The van der Waals surface area contributed by atoms with Crippen LogP contribution in [0.2, 0.25) is 5.28 Å². The van der Waals surface area contributed by atoms with Crippen LogP contribution in [0.25, 0.3) is 0 Å². The lowest BCUT2D eigenvalue weighted by Gasteiger charge is -2.13. The minimum atomic E-state index is 0.165. The Morgan fingerprint density at radius 2 is 1.71 bits per heavy atom. The average molecular weight is 371 g/mol. The largest absolute Gasteiger partial charge is 0.354 e. The van der Waals surface area contributed by atoms with Crippen molar-refractivity contribution in [1.29, 1.82) is 0 Å². The van der Waals surface area contributed by atoms with Gasteiger partial charge in [-0.1, -0.05) is 22.9 Å². The van der Waals surface area contributed by atoms with E-state index in [0.717, 1.165) is 34.3 Å². The molecule has 2 aromatic rings. The third-order valence-corrected chi connectivity index (χ3v) is 3.50. The monoisotopic (exact) mass is 369 g/mol. The van der Waals surface area contributed by atoms with Crippen molar-refractivity contribution < 1.29 is 0 Å². The van der Waals surface area contributed by atoms with Crippen LogP contribution in [0.3, 0.4) is 0 Å². The van der Waals surface area contributed by atoms with Gasteiger partial charge in [-0.3, -0.25) is 0 Å². The quantitative estimate of drug-likeness (QED) is 0.813. The zero-order valence-corrected chi connectivity index (χ0v) is 14.5. The molecular weight excluding hydrogens is 354 g/mol. The van der Waals surface area contributed by atoms with E-state index in [4.69, 9.17) is 11.6 Å². The molecule has 2 rings (SSSR count). The van der Waals surface area contributed by atoms with Gasteiger partial charge in [0.25, 0.3) is 0 Å². The number of anilines is 3. The summed E-state index contributed by atoms with van der Waals surface area (Å²) in [5, 5.41) is 6.49. The Morgan fingerprint density at radius 3 is 2.33 bits per heavy atom. The number of nitrogens with one attached hydrogen (secondary N) is 2. The molecule has 0 radical (unpaired) electrons. The molecule has 0 aliphatic carbocycles. The number of benzene rings is 1. The Bertz CT molecular complexity index is 624. The van der Waals surface area contributed by atoms with Crippen molar-refractivity contribution in [2.45, 2.75) is 27.2 Å². The van der Waals surface area contributed by atoms with Crippen molar-refractivity contribution in [3.63, 3.8) is 0 Å².